The van der Waals surface area contributed by atoms with Gasteiger partial charge in [0.1, 0.15) is 11.5 Å². The Morgan fingerprint density at radius 2 is 2.05 bits per heavy atom. The second kappa shape index (κ2) is 6.24. The van der Waals surface area contributed by atoms with Gasteiger partial charge < -0.3 is 4.74 Å². The van der Waals surface area contributed by atoms with E-state index in [0.29, 0.717) is 17.1 Å². The first-order valence-electron chi connectivity index (χ1n) is 5.78. The Bertz CT molecular complexity index is 661. The van der Waals surface area contributed by atoms with Gasteiger partial charge in [-0.15, -0.1) is 11.6 Å². The Morgan fingerprint density at radius 3 is 2.70 bits per heavy atom. The van der Waals surface area contributed by atoms with Crippen molar-refractivity contribution in [3.8, 4) is 11.5 Å². The number of rotatable bonds is 4. The van der Waals surface area contributed by atoms with Crippen molar-refractivity contribution in [2.24, 2.45) is 0 Å². The maximum absolute atomic E-state index is 10.8. The molecular weight excluding hydrogens is 346 g/mol. The quantitative estimate of drug-likeness (QED) is 0.430. The van der Waals surface area contributed by atoms with Gasteiger partial charge >= 0.3 is 0 Å². The summed E-state index contributed by atoms with van der Waals surface area (Å²) in [4.78, 5) is 10.4. The van der Waals surface area contributed by atoms with Crippen LogP contribution in [-0.4, -0.2) is 4.92 Å². The van der Waals surface area contributed by atoms with E-state index in [-0.39, 0.29) is 11.6 Å². The fourth-order valence-electron chi connectivity index (χ4n) is 1.72. The molecule has 0 bridgehead atoms. The zero-order chi connectivity index (χ0) is 14.7. The normalized spacial score (nSPS) is 10.3. The molecule has 0 aliphatic heterocycles. The van der Waals surface area contributed by atoms with Crippen molar-refractivity contribution < 1.29 is 9.66 Å². The fourth-order valence-corrected chi connectivity index (χ4v) is 2.28. The smallest absolute Gasteiger partial charge is 0.274 e. The van der Waals surface area contributed by atoms with Crippen molar-refractivity contribution in [3.63, 3.8) is 0 Å². The molecule has 2 aromatic rings. The Morgan fingerprint density at radius 1 is 1.30 bits per heavy atom. The van der Waals surface area contributed by atoms with E-state index >= 15 is 0 Å². The molecule has 0 aliphatic rings. The summed E-state index contributed by atoms with van der Waals surface area (Å²) < 4.78 is 6.66. The van der Waals surface area contributed by atoms with Crippen molar-refractivity contribution >= 4 is 33.2 Å². The Hall–Kier alpha value is -1.59. The highest BCUT2D eigenvalue weighted by molar-refractivity contribution is 9.10. The summed E-state index contributed by atoms with van der Waals surface area (Å²) in [6.07, 6.45) is 0. The Kier molecular flexibility index (Phi) is 4.62. The molecule has 0 N–H and O–H groups in total. The highest BCUT2D eigenvalue weighted by Gasteiger charge is 2.14. The van der Waals surface area contributed by atoms with Crippen LogP contribution in [0.1, 0.15) is 11.1 Å². The number of hydrogen-bond acceptors (Lipinski definition) is 3. The Labute approximate surface area is 129 Å². The van der Waals surface area contributed by atoms with Gasteiger partial charge in [-0.1, -0.05) is 22.0 Å². The lowest BCUT2D eigenvalue weighted by molar-refractivity contribution is -0.385. The van der Waals surface area contributed by atoms with Gasteiger partial charge in [0.25, 0.3) is 5.69 Å². The molecule has 0 saturated heterocycles. The molecule has 0 amide bonds. The molecule has 2 aromatic carbocycles. The van der Waals surface area contributed by atoms with E-state index in [2.05, 4.69) is 15.9 Å². The minimum absolute atomic E-state index is 0.00156. The molecular formula is C14H11BrClNO3. The van der Waals surface area contributed by atoms with Crippen LogP contribution in [0.2, 0.25) is 0 Å². The third-order valence-electron chi connectivity index (χ3n) is 2.77. The summed E-state index contributed by atoms with van der Waals surface area (Å²) in [5.74, 6) is 1.27. The summed E-state index contributed by atoms with van der Waals surface area (Å²) >= 11 is 9.12. The number of nitro benzene ring substituents is 1. The zero-order valence-electron chi connectivity index (χ0n) is 10.6. The van der Waals surface area contributed by atoms with E-state index in [1.807, 2.05) is 25.1 Å². The minimum atomic E-state index is -0.453. The molecule has 2 rings (SSSR count). The Balaban J connectivity index is 2.34. The van der Waals surface area contributed by atoms with Crippen molar-refractivity contribution in [1.29, 1.82) is 0 Å². The molecule has 0 aliphatic carbocycles. The number of nitrogens with zero attached hydrogens (tertiary/aromatic N) is 1. The molecule has 0 heterocycles. The van der Waals surface area contributed by atoms with Crippen LogP contribution in [0.5, 0.6) is 11.5 Å². The van der Waals surface area contributed by atoms with Crippen molar-refractivity contribution in [2.75, 3.05) is 0 Å². The third kappa shape index (κ3) is 3.29. The summed E-state index contributed by atoms with van der Waals surface area (Å²) in [7, 11) is 0. The van der Waals surface area contributed by atoms with Crippen LogP contribution in [-0.2, 0) is 5.88 Å². The summed E-state index contributed by atoms with van der Waals surface area (Å²) in [5, 5.41) is 10.8. The number of alkyl halides is 1. The molecule has 0 radical (unpaired) electrons. The standard InChI is InChI=1S/C14H11BrClNO3/c1-9-2-3-11(15)7-14(9)20-12-4-5-13(17(18)19)10(6-12)8-16/h2-7H,8H2,1H3. The first-order chi connectivity index (χ1) is 9.51. The van der Waals surface area contributed by atoms with Crippen LogP contribution >= 0.6 is 27.5 Å². The number of benzene rings is 2. The van der Waals surface area contributed by atoms with Gasteiger partial charge in [-0.05, 0) is 36.8 Å². The molecule has 104 valence electrons. The number of aryl methyl sites for hydroxylation is 1. The largest absolute Gasteiger partial charge is 0.457 e. The van der Waals surface area contributed by atoms with Crippen LogP contribution in [0.3, 0.4) is 0 Å². The van der Waals surface area contributed by atoms with Gasteiger partial charge in [-0.25, -0.2) is 0 Å². The van der Waals surface area contributed by atoms with E-state index in [9.17, 15) is 10.1 Å². The average Bonchev–Trinajstić information content (AvgIpc) is 2.42. The lowest BCUT2D eigenvalue weighted by Gasteiger charge is -2.10. The zero-order valence-corrected chi connectivity index (χ0v) is 12.9. The van der Waals surface area contributed by atoms with Crippen molar-refractivity contribution in [3.05, 3.63) is 62.1 Å². The predicted octanol–water partition coefficient (Wildman–Crippen LogP) is 5.20. The van der Waals surface area contributed by atoms with Crippen LogP contribution in [0.25, 0.3) is 0 Å². The first-order valence-corrected chi connectivity index (χ1v) is 7.11. The molecule has 0 fully saturated rings. The molecule has 0 atom stereocenters. The van der Waals surface area contributed by atoms with Gasteiger partial charge in [-0.3, -0.25) is 10.1 Å². The summed E-state index contributed by atoms with van der Waals surface area (Å²) in [5.41, 5.74) is 1.40. The topological polar surface area (TPSA) is 52.4 Å². The molecule has 0 spiro atoms. The minimum Gasteiger partial charge on any atom is -0.457 e. The molecule has 0 unspecified atom stereocenters. The molecule has 0 aromatic heterocycles. The van der Waals surface area contributed by atoms with E-state index < -0.39 is 4.92 Å². The lowest BCUT2D eigenvalue weighted by Crippen LogP contribution is -1.95. The first kappa shape index (κ1) is 14.8. The average molecular weight is 357 g/mol. The predicted molar refractivity (Wildman–Crippen MR) is 81.6 cm³/mol. The SMILES string of the molecule is Cc1ccc(Br)cc1Oc1ccc([N+](=O)[O-])c(CCl)c1. The van der Waals surface area contributed by atoms with E-state index in [0.717, 1.165) is 10.0 Å². The van der Waals surface area contributed by atoms with Gasteiger partial charge in [-0.2, -0.15) is 0 Å². The van der Waals surface area contributed by atoms with E-state index in [4.69, 9.17) is 16.3 Å². The van der Waals surface area contributed by atoms with E-state index in [1.165, 1.54) is 6.07 Å². The van der Waals surface area contributed by atoms with Crippen LogP contribution < -0.4 is 4.74 Å². The van der Waals surface area contributed by atoms with Crippen molar-refractivity contribution in [1.82, 2.24) is 0 Å². The van der Waals surface area contributed by atoms with Gasteiger partial charge in [0.15, 0.2) is 0 Å². The van der Waals surface area contributed by atoms with Crippen LogP contribution in [0.15, 0.2) is 40.9 Å². The molecule has 4 nitrogen and oxygen atoms in total. The molecule has 20 heavy (non-hydrogen) atoms. The highest BCUT2D eigenvalue weighted by Crippen LogP contribution is 2.31. The fraction of sp³-hybridized carbons (Fsp3) is 0.143. The van der Waals surface area contributed by atoms with Gasteiger partial charge in [0, 0.05) is 16.1 Å². The van der Waals surface area contributed by atoms with Crippen molar-refractivity contribution in [2.45, 2.75) is 12.8 Å². The van der Waals surface area contributed by atoms with Crippen LogP contribution in [0, 0.1) is 17.0 Å². The van der Waals surface area contributed by atoms with E-state index in [1.54, 1.807) is 12.1 Å². The monoisotopic (exact) mass is 355 g/mol. The third-order valence-corrected chi connectivity index (χ3v) is 3.55. The van der Waals surface area contributed by atoms with Crippen LogP contribution in [0.4, 0.5) is 5.69 Å². The lowest BCUT2D eigenvalue weighted by atomic mass is 10.2. The maximum Gasteiger partial charge on any atom is 0.274 e. The summed E-state index contributed by atoms with van der Waals surface area (Å²) in [6, 6.07) is 10.2. The van der Waals surface area contributed by atoms with Gasteiger partial charge in [0.05, 0.1) is 10.8 Å². The molecule has 0 saturated carbocycles. The number of ether oxygens (including phenoxy) is 1. The molecule has 6 heteroatoms. The maximum atomic E-state index is 10.8. The number of halogens is 2. The summed E-state index contributed by atoms with van der Waals surface area (Å²) in [6.45, 7) is 1.93. The second-order valence-electron chi connectivity index (χ2n) is 4.19. The highest BCUT2D eigenvalue weighted by atomic mass is 79.9. The van der Waals surface area contributed by atoms with Gasteiger partial charge in [0.2, 0.25) is 0 Å². The number of nitro groups is 1. The second-order valence-corrected chi connectivity index (χ2v) is 5.38. The number of hydrogen-bond donors (Lipinski definition) is 0.